The molecule has 628 valence electrons. The molecule has 1 N–H and O–H groups in total. The normalized spacial score (nSPS) is 12.3. The molecular weight excluding hydrogens is 1780 g/mol. The van der Waals surface area contributed by atoms with Gasteiger partial charge in [0.05, 0.1) is 32.2 Å². The SMILES string of the molecule is O=S(=O)(Oc1cc(Br)c2oc3ccc(-c4ccc5sc6c7ccccc7ccc6c5c4)cc3c2c1)C(F)(F)F.O=S(=O)(Oc1cc(N(c2ccccc2)c2ccc3c4ccccc4n(-c4ccccc4)c3c2)c2oc3ccc(-c4ccc5sc6c7ccccc7ccc6c5c4)cc3c2c1)C(F)(F)F.c1ccc(Nc2ccc3c4ccccc4n(-c4ccccc4)c3c2)cc1. The fourth-order valence-electron chi connectivity index (χ4n) is 17.5. The molecule has 0 amide bonds. The second-order valence-corrected chi connectivity index (χ2v) is 37.2. The number of hydrogen-bond acceptors (Lipinski definition) is 12. The number of fused-ring (bicyclic) bond motifs is 22. The molecule has 0 saturated heterocycles. The van der Waals surface area contributed by atoms with Gasteiger partial charge in [-0.3, -0.25) is 0 Å². The van der Waals surface area contributed by atoms with Crippen molar-refractivity contribution in [1.82, 2.24) is 9.13 Å². The average Bonchev–Trinajstić information content (AvgIpc) is 1.62. The summed E-state index contributed by atoms with van der Waals surface area (Å²) in [4.78, 5) is 1.85. The number of nitrogens with one attached hydrogen (secondary N) is 1. The lowest BCUT2D eigenvalue weighted by Gasteiger charge is -2.26. The standard InChI is InChI=1S/C53H31F3N2O4S2.C29H14BrF3O4S2.C24H18N2/c54-53(55,56)64(59,60)62-38-30-45-43-27-33(34-21-26-50-44(28-34)42-23-19-32-11-7-8-16-39(32)52(42)63-50)20-25-49(43)61-51(45)48(31-38)57(35-12-3-1-4-13-35)37-22-24-41-40-17-9-10-18-46(40)58(47(41)29-37)36-14-5-2-6-15-36;30-24-14-18(37-39(34,35)29(31,32)33)13-23-21-11-16(6-9-25(21)36-27(23)24)17-7-10-26-22(12-17)20-8-5-15-3-1-2-4-19(15)28(20)38-26;1-3-9-18(10-4-1)25-19-15-16-22-21-13-7-8-14-23(21)26(24(22)17-19)20-11-5-2-6-12-20/h1-31H;1-14H;1-17,25H. The van der Waals surface area contributed by atoms with Gasteiger partial charge in [0.25, 0.3) is 0 Å². The number of halogens is 7. The summed E-state index contributed by atoms with van der Waals surface area (Å²) in [6.07, 6.45) is 0. The van der Waals surface area contributed by atoms with Crippen LogP contribution in [-0.2, 0) is 20.2 Å². The summed E-state index contributed by atoms with van der Waals surface area (Å²) < 4.78 is 161. The fraction of sp³-hybridized carbons (Fsp3) is 0.0189. The van der Waals surface area contributed by atoms with Gasteiger partial charge in [-0.05, 0) is 211 Å². The van der Waals surface area contributed by atoms with E-state index in [0.29, 0.717) is 55.3 Å². The first-order valence-electron chi connectivity index (χ1n) is 40.8. The van der Waals surface area contributed by atoms with Crippen LogP contribution in [0.15, 0.2) is 389 Å². The highest BCUT2D eigenvalue weighted by Crippen LogP contribution is 2.50. The van der Waals surface area contributed by atoms with Crippen LogP contribution in [0.4, 0.5) is 54.8 Å². The number of hydrogen-bond donors (Lipinski definition) is 1. The van der Waals surface area contributed by atoms with Crippen LogP contribution in [0, 0.1) is 0 Å². The van der Waals surface area contributed by atoms with E-state index in [1.54, 1.807) is 28.7 Å². The third kappa shape index (κ3) is 14.3. The van der Waals surface area contributed by atoms with E-state index in [2.05, 4.69) is 210 Å². The molecule has 0 radical (unpaired) electrons. The smallest absolute Gasteiger partial charge is 0.455 e. The van der Waals surface area contributed by atoms with Crippen molar-refractivity contribution in [2.75, 3.05) is 10.2 Å². The number of benzene rings is 18. The molecule has 0 fully saturated rings. The quantitative estimate of drug-likeness (QED) is 0.0674. The molecule has 0 aliphatic heterocycles. The predicted molar refractivity (Wildman–Crippen MR) is 518 cm³/mol. The van der Waals surface area contributed by atoms with Crippen LogP contribution in [-0.4, -0.2) is 37.0 Å². The summed E-state index contributed by atoms with van der Waals surface area (Å²) >= 11 is 6.75. The van der Waals surface area contributed by atoms with Crippen molar-refractivity contribution in [2.24, 2.45) is 0 Å². The third-order valence-electron chi connectivity index (χ3n) is 23.3. The number of anilines is 5. The molecule has 23 heteroatoms. The number of aromatic nitrogens is 2. The number of furan rings is 2. The van der Waals surface area contributed by atoms with Gasteiger partial charge in [0.2, 0.25) is 0 Å². The van der Waals surface area contributed by atoms with E-state index in [1.165, 1.54) is 82.0 Å². The number of alkyl halides is 6. The van der Waals surface area contributed by atoms with Crippen LogP contribution < -0.4 is 18.6 Å². The first-order valence-corrected chi connectivity index (χ1v) is 46.0. The maximum absolute atomic E-state index is 14.0. The Labute approximate surface area is 747 Å². The molecule has 0 spiro atoms. The number of para-hydroxylation sites is 6. The van der Waals surface area contributed by atoms with Crippen LogP contribution in [0.3, 0.4) is 0 Å². The number of rotatable bonds is 13. The Kier molecular flexibility index (Phi) is 19.5. The monoisotopic (exact) mass is 1840 g/mol. The lowest BCUT2D eigenvalue weighted by atomic mass is 9.99. The van der Waals surface area contributed by atoms with E-state index in [0.717, 1.165) is 92.7 Å². The molecule has 18 aromatic carbocycles. The summed E-state index contributed by atoms with van der Waals surface area (Å²) in [5.74, 6) is -0.995. The molecule has 12 nitrogen and oxygen atoms in total. The fourth-order valence-corrected chi connectivity index (χ4v) is 21.4. The molecule has 6 heterocycles. The Bertz CT molecular complexity index is 8910. The van der Waals surface area contributed by atoms with Gasteiger partial charge >= 0.3 is 31.3 Å². The zero-order valence-corrected chi connectivity index (χ0v) is 72.0. The van der Waals surface area contributed by atoms with Gasteiger partial charge < -0.3 is 36.6 Å². The highest BCUT2D eigenvalue weighted by molar-refractivity contribution is 9.10. The predicted octanol–water partition coefficient (Wildman–Crippen LogP) is 31.9. The van der Waals surface area contributed by atoms with Crippen LogP contribution >= 0.6 is 38.6 Å². The zero-order valence-electron chi connectivity index (χ0n) is 67.2. The first-order chi connectivity index (χ1) is 62.6. The molecule has 0 aliphatic carbocycles. The van der Waals surface area contributed by atoms with E-state index in [9.17, 15) is 43.2 Å². The molecule has 0 atom stereocenters. The highest BCUT2D eigenvalue weighted by Gasteiger charge is 2.50. The largest absolute Gasteiger partial charge is 0.534 e. The van der Waals surface area contributed by atoms with Gasteiger partial charge in [-0.2, -0.15) is 43.2 Å². The minimum absolute atomic E-state index is 0.267. The second-order valence-electron chi connectivity index (χ2n) is 31.1. The number of nitrogens with zero attached hydrogens (tertiary/aromatic N) is 3. The molecule has 0 unspecified atom stereocenters. The molecule has 6 aromatic heterocycles. The van der Waals surface area contributed by atoms with E-state index in [1.807, 2.05) is 175 Å². The Hall–Kier alpha value is -14.7. The Morgan fingerprint density at radius 2 is 0.721 bits per heavy atom. The van der Waals surface area contributed by atoms with Crippen molar-refractivity contribution < 1.29 is 60.4 Å². The van der Waals surface area contributed by atoms with E-state index < -0.39 is 42.8 Å². The summed E-state index contributed by atoms with van der Waals surface area (Å²) in [6.45, 7) is 0. The summed E-state index contributed by atoms with van der Waals surface area (Å²) in [7, 11) is -11.9. The maximum Gasteiger partial charge on any atom is 0.534 e. The topological polar surface area (TPSA) is 138 Å². The van der Waals surface area contributed by atoms with Gasteiger partial charge in [0.1, 0.15) is 28.2 Å². The molecule has 129 heavy (non-hydrogen) atoms. The lowest BCUT2D eigenvalue weighted by molar-refractivity contribution is -0.0504. The molecule has 24 aromatic rings. The summed E-state index contributed by atoms with van der Waals surface area (Å²) in [6, 6.07) is 123. The minimum atomic E-state index is -6.06. The van der Waals surface area contributed by atoms with Crippen molar-refractivity contribution in [3.05, 3.63) is 381 Å². The first kappa shape index (κ1) is 80.1. The average molecular weight is 1840 g/mol. The van der Waals surface area contributed by atoms with Crippen LogP contribution in [0.1, 0.15) is 0 Å². The Morgan fingerprint density at radius 3 is 1.23 bits per heavy atom. The van der Waals surface area contributed by atoms with Crippen molar-refractivity contribution >= 4 is 237 Å². The highest BCUT2D eigenvalue weighted by atomic mass is 79.9. The summed E-state index contributed by atoms with van der Waals surface area (Å²) in [5, 5.41) is 19.4. The Balaban J connectivity index is 0.000000127. The maximum atomic E-state index is 14.0. The molecule has 0 bridgehead atoms. The third-order valence-corrected chi connectivity index (χ3v) is 28.3. The van der Waals surface area contributed by atoms with Crippen LogP contribution in [0.5, 0.6) is 11.5 Å². The Morgan fingerprint density at radius 1 is 0.318 bits per heavy atom. The van der Waals surface area contributed by atoms with Gasteiger partial charge in [-0.1, -0.05) is 218 Å². The van der Waals surface area contributed by atoms with Crippen molar-refractivity contribution in [2.45, 2.75) is 11.0 Å². The van der Waals surface area contributed by atoms with E-state index >= 15 is 0 Å². The van der Waals surface area contributed by atoms with Gasteiger partial charge in [0, 0.05) is 124 Å². The van der Waals surface area contributed by atoms with Crippen molar-refractivity contribution in [3.8, 4) is 45.1 Å². The molecule has 0 aliphatic rings. The molecule has 24 rings (SSSR count). The van der Waals surface area contributed by atoms with Crippen molar-refractivity contribution in [1.29, 1.82) is 0 Å². The van der Waals surface area contributed by atoms with E-state index in [4.69, 9.17) is 13.0 Å². The molecule has 0 saturated carbocycles. The van der Waals surface area contributed by atoms with E-state index in [-0.39, 0.29) is 10.2 Å². The molecular formula is C106H63BrF6N4O8S4. The summed E-state index contributed by atoms with van der Waals surface area (Å²) in [5.41, 5.74) is 4.19. The zero-order chi connectivity index (χ0) is 87.8. The number of thiophene rings is 2. The van der Waals surface area contributed by atoms with Crippen molar-refractivity contribution in [3.63, 3.8) is 0 Å². The van der Waals surface area contributed by atoms with Crippen LogP contribution in [0.25, 0.3) is 183 Å². The lowest BCUT2D eigenvalue weighted by Crippen LogP contribution is -2.28. The van der Waals surface area contributed by atoms with Gasteiger partial charge in [0.15, 0.2) is 5.58 Å². The second kappa shape index (κ2) is 31.4. The van der Waals surface area contributed by atoms with Crippen LogP contribution in [0.2, 0.25) is 0 Å². The minimum Gasteiger partial charge on any atom is -0.455 e. The van der Waals surface area contributed by atoms with Gasteiger partial charge in [-0.15, -0.1) is 22.7 Å². The van der Waals surface area contributed by atoms with Gasteiger partial charge in [-0.25, -0.2) is 0 Å².